The molecule has 2 aliphatic heterocycles. The van der Waals surface area contributed by atoms with Crippen LogP contribution >= 0.6 is 11.3 Å². The van der Waals surface area contributed by atoms with Gasteiger partial charge in [0, 0.05) is 19.0 Å². The molecule has 2 fully saturated rings. The number of thiophene rings is 1. The summed E-state index contributed by atoms with van der Waals surface area (Å²) < 4.78 is 43.9. The van der Waals surface area contributed by atoms with Crippen molar-refractivity contribution >= 4 is 45.0 Å². The quantitative estimate of drug-likeness (QED) is 0.370. The number of rotatable bonds is 7. The van der Waals surface area contributed by atoms with E-state index in [0.717, 1.165) is 36.3 Å². The van der Waals surface area contributed by atoms with Gasteiger partial charge in [0.05, 0.1) is 24.2 Å². The number of amides is 1. The summed E-state index contributed by atoms with van der Waals surface area (Å²) in [6, 6.07) is 10.2. The fourth-order valence-electron chi connectivity index (χ4n) is 5.68. The van der Waals surface area contributed by atoms with Crippen LogP contribution in [-0.4, -0.2) is 55.0 Å². The van der Waals surface area contributed by atoms with Crippen LogP contribution < -0.4 is 0 Å². The van der Waals surface area contributed by atoms with Gasteiger partial charge in [-0.1, -0.05) is 6.07 Å². The van der Waals surface area contributed by atoms with Gasteiger partial charge in [0.25, 0.3) is 15.9 Å². The van der Waals surface area contributed by atoms with Crippen molar-refractivity contribution in [3.63, 3.8) is 0 Å². The third-order valence-electron chi connectivity index (χ3n) is 7.67. The molecular formula is C28H29N3O7S2. The molecule has 40 heavy (non-hydrogen) atoms. The van der Waals surface area contributed by atoms with Crippen molar-refractivity contribution in [2.24, 2.45) is 16.9 Å². The highest BCUT2D eigenvalue weighted by atomic mass is 32.2. The second-order valence-electron chi connectivity index (χ2n) is 10.1. The molecule has 0 aromatic carbocycles. The maximum absolute atomic E-state index is 13.4. The number of piperidine rings is 1. The SMILES string of the molecule is O=C(OCC(=O)N1N=C2C(=Cc3ccco3)CCCC2C1c1ccco1)C1CCN(S(=O)(=O)c2cccs2)CC1. The summed E-state index contributed by atoms with van der Waals surface area (Å²) in [6.07, 6.45) is 8.42. The van der Waals surface area contributed by atoms with Gasteiger partial charge < -0.3 is 13.6 Å². The molecule has 0 bridgehead atoms. The standard InChI is InChI=1S/C28H29N3O7S2/c32-24(18-38-28(33)19-10-12-30(13-11-19)40(34,35)25-9-4-16-39-25)31-27(23-8-3-15-37-23)22-7-1-5-20(26(22)29-31)17-21-6-2-14-36-21/h2-4,6,8-9,14-17,19,22,27H,1,5,7,10-13,18H2. The van der Waals surface area contributed by atoms with E-state index in [9.17, 15) is 18.0 Å². The zero-order valence-corrected chi connectivity index (χ0v) is 23.3. The third kappa shape index (κ3) is 5.18. The lowest BCUT2D eigenvalue weighted by atomic mass is 9.79. The van der Waals surface area contributed by atoms with Gasteiger partial charge in [-0.05, 0) is 79.5 Å². The molecule has 3 aromatic heterocycles. The third-order valence-corrected chi connectivity index (χ3v) is 10.9. The zero-order chi connectivity index (χ0) is 27.7. The number of carbonyl (C=O) groups is 2. The number of hydrazone groups is 1. The molecule has 10 nitrogen and oxygen atoms in total. The van der Waals surface area contributed by atoms with E-state index in [2.05, 4.69) is 0 Å². The number of nitrogens with zero attached hydrogens (tertiary/aromatic N) is 3. The Morgan fingerprint density at radius 1 is 1.07 bits per heavy atom. The van der Waals surface area contributed by atoms with Gasteiger partial charge in [-0.2, -0.15) is 9.41 Å². The fraction of sp³-hybridized carbons (Fsp3) is 0.393. The number of carbonyl (C=O) groups excluding carboxylic acids is 2. The number of sulfonamides is 1. The molecule has 5 heterocycles. The summed E-state index contributed by atoms with van der Waals surface area (Å²) in [5.41, 5.74) is 1.84. The maximum atomic E-state index is 13.4. The predicted octanol–water partition coefficient (Wildman–Crippen LogP) is 4.70. The van der Waals surface area contributed by atoms with Crippen LogP contribution in [0.1, 0.15) is 49.7 Å². The van der Waals surface area contributed by atoms with Gasteiger partial charge in [-0.25, -0.2) is 13.4 Å². The molecule has 210 valence electrons. The summed E-state index contributed by atoms with van der Waals surface area (Å²) in [6.45, 7) is -0.00795. The molecule has 6 rings (SSSR count). The number of hydrogen-bond acceptors (Lipinski definition) is 9. The van der Waals surface area contributed by atoms with Crippen molar-refractivity contribution < 1.29 is 31.6 Å². The number of hydrogen-bond donors (Lipinski definition) is 0. The van der Waals surface area contributed by atoms with E-state index in [1.54, 1.807) is 36.1 Å². The minimum Gasteiger partial charge on any atom is -0.467 e. The van der Waals surface area contributed by atoms with Crippen LogP contribution in [0.15, 0.2) is 78.0 Å². The van der Waals surface area contributed by atoms with Crippen LogP contribution in [0.5, 0.6) is 0 Å². The Labute approximate surface area is 235 Å². The summed E-state index contributed by atoms with van der Waals surface area (Å²) in [4.78, 5) is 26.3. The minimum absolute atomic E-state index is 0.0459. The first-order valence-corrected chi connectivity index (χ1v) is 15.6. The van der Waals surface area contributed by atoms with Gasteiger partial charge in [-0.15, -0.1) is 11.3 Å². The van der Waals surface area contributed by atoms with Crippen LogP contribution in [0, 0.1) is 11.8 Å². The first-order valence-electron chi connectivity index (χ1n) is 13.3. The highest BCUT2D eigenvalue weighted by molar-refractivity contribution is 7.91. The van der Waals surface area contributed by atoms with E-state index in [-0.39, 0.29) is 19.0 Å². The van der Waals surface area contributed by atoms with Crippen LogP contribution in [0.25, 0.3) is 6.08 Å². The van der Waals surface area contributed by atoms with Crippen molar-refractivity contribution in [1.29, 1.82) is 0 Å². The summed E-state index contributed by atoms with van der Waals surface area (Å²) in [5, 5.41) is 7.84. The monoisotopic (exact) mass is 583 g/mol. The van der Waals surface area contributed by atoms with Gasteiger partial charge in [0.15, 0.2) is 6.61 Å². The van der Waals surface area contributed by atoms with Crippen LogP contribution in [0.3, 0.4) is 0 Å². The Balaban J connectivity index is 1.12. The molecule has 1 aliphatic carbocycles. The molecule has 2 atom stereocenters. The number of allylic oxidation sites excluding steroid dienone is 1. The average Bonchev–Trinajstić information content (AvgIpc) is 3.78. The van der Waals surface area contributed by atoms with E-state index in [4.69, 9.17) is 18.7 Å². The molecule has 1 amide bonds. The van der Waals surface area contributed by atoms with E-state index in [1.165, 1.54) is 20.7 Å². The number of furan rings is 2. The number of fused-ring (bicyclic) bond motifs is 1. The highest BCUT2D eigenvalue weighted by Crippen LogP contribution is 2.44. The lowest BCUT2D eigenvalue weighted by Gasteiger charge is -2.30. The predicted molar refractivity (Wildman–Crippen MR) is 147 cm³/mol. The molecule has 1 saturated carbocycles. The Kier molecular flexibility index (Phi) is 7.47. The second kappa shape index (κ2) is 11.2. The Bertz CT molecular complexity index is 1500. The smallest absolute Gasteiger partial charge is 0.309 e. The molecule has 3 aliphatic rings. The van der Waals surface area contributed by atoms with E-state index in [1.807, 2.05) is 24.3 Å². The van der Waals surface area contributed by atoms with Gasteiger partial charge in [-0.3, -0.25) is 9.59 Å². The van der Waals surface area contributed by atoms with Crippen molar-refractivity contribution in [2.45, 2.75) is 42.4 Å². The lowest BCUT2D eigenvalue weighted by molar-refractivity contribution is -0.157. The molecule has 3 aromatic rings. The topological polar surface area (TPSA) is 123 Å². The van der Waals surface area contributed by atoms with Crippen molar-refractivity contribution in [2.75, 3.05) is 19.7 Å². The number of ether oxygens (including phenoxy) is 1. The summed E-state index contributed by atoms with van der Waals surface area (Å²) >= 11 is 1.17. The van der Waals surface area contributed by atoms with Crippen LogP contribution in [0.4, 0.5) is 0 Å². The van der Waals surface area contributed by atoms with E-state index >= 15 is 0 Å². The molecule has 12 heteroatoms. The zero-order valence-electron chi connectivity index (χ0n) is 21.7. The van der Waals surface area contributed by atoms with E-state index in [0.29, 0.717) is 22.8 Å². The molecule has 0 spiro atoms. The normalized spacial score (nSPS) is 23.2. The van der Waals surface area contributed by atoms with Gasteiger partial charge >= 0.3 is 5.97 Å². The highest BCUT2D eigenvalue weighted by Gasteiger charge is 2.45. The average molecular weight is 584 g/mol. The molecular weight excluding hydrogens is 554 g/mol. The van der Waals surface area contributed by atoms with Crippen LogP contribution in [-0.2, 0) is 24.3 Å². The molecule has 2 unspecified atom stereocenters. The lowest BCUT2D eigenvalue weighted by Crippen LogP contribution is -2.41. The Morgan fingerprint density at radius 3 is 2.58 bits per heavy atom. The fourth-order valence-corrected chi connectivity index (χ4v) is 8.29. The van der Waals surface area contributed by atoms with Gasteiger partial charge in [0.2, 0.25) is 0 Å². The molecule has 1 saturated heterocycles. The first kappa shape index (κ1) is 26.7. The van der Waals surface area contributed by atoms with Crippen LogP contribution in [0.2, 0.25) is 0 Å². The second-order valence-corrected chi connectivity index (χ2v) is 13.2. The maximum Gasteiger partial charge on any atom is 0.309 e. The Hall–Kier alpha value is -3.48. The summed E-state index contributed by atoms with van der Waals surface area (Å²) in [5.74, 6) is -0.109. The largest absolute Gasteiger partial charge is 0.467 e. The van der Waals surface area contributed by atoms with Crippen molar-refractivity contribution in [3.8, 4) is 0 Å². The van der Waals surface area contributed by atoms with Crippen molar-refractivity contribution in [3.05, 3.63) is 71.4 Å². The van der Waals surface area contributed by atoms with Crippen molar-refractivity contribution in [1.82, 2.24) is 9.31 Å². The first-order chi connectivity index (χ1) is 19.4. The summed E-state index contributed by atoms with van der Waals surface area (Å²) in [7, 11) is -3.56. The Morgan fingerprint density at radius 2 is 1.88 bits per heavy atom. The number of esters is 1. The van der Waals surface area contributed by atoms with E-state index < -0.39 is 40.5 Å². The molecule has 0 N–H and O–H groups in total. The van der Waals surface area contributed by atoms with Gasteiger partial charge in [0.1, 0.15) is 21.8 Å². The molecule has 0 radical (unpaired) electrons. The minimum atomic E-state index is -3.56.